The average Bonchev–Trinajstić information content (AvgIpc) is 2.78. The Balaban J connectivity index is 1.76. The molecule has 0 spiro atoms. The summed E-state index contributed by atoms with van der Waals surface area (Å²) in [7, 11) is 0. The summed E-state index contributed by atoms with van der Waals surface area (Å²) in [4.78, 5) is 25.4. The number of hydrogen-bond acceptors (Lipinski definition) is 4. The Hall–Kier alpha value is -3.67. The van der Waals surface area contributed by atoms with Gasteiger partial charge in [0.1, 0.15) is 11.8 Å². The molecule has 0 saturated heterocycles. The van der Waals surface area contributed by atoms with Crippen LogP contribution in [0.5, 0.6) is 5.75 Å². The van der Waals surface area contributed by atoms with Crippen LogP contribution in [0.3, 0.4) is 0 Å². The first-order chi connectivity index (χ1) is 15.4. The predicted molar refractivity (Wildman–Crippen MR) is 128 cm³/mol. The molecule has 0 aliphatic rings. The summed E-state index contributed by atoms with van der Waals surface area (Å²) in [5.41, 5.74) is 4.93. The van der Waals surface area contributed by atoms with Crippen LogP contribution in [-0.4, -0.2) is 30.7 Å². The molecule has 0 heterocycles. The molecule has 166 valence electrons. The number of benzene rings is 3. The Kier molecular flexibility index (Phi) is 7.60. The van der Waals surface area contributed by atoms with Crippen molar-refractivity contribution in [3.63, 3.8) is 0 Å². The second kappa shape index (κ2) is 10.6. The van der Waals surface area contributed by atoms with Crippen LogP contribution < -0.4 is 15.5 Å². The predicted octanol–water partition coefficient (Wildman–Crippen LogP) is 4.45. The third kappa shape index (κ3) is 5.52. The molecule has 1 atom stereocenters. The van der Waals surface area contributed by atoms with Crippen molar-refractivity contribution >= 4 is 28.8 Å². The highest BCUT2D eigenvalue weighted by molar-refractivity contribution is 6.03. The third-order valence-electron chi connectivity index (χ3n) is 5.15. The van der Waals surface area contributed by atoms with E-state index in [9.17, 15) is 9.59 Å². The lowest BCUT2D eigenvalue weighted by molar-refractivity contribution is -0.123. The Labute approximate surface area is 188 Å². The van der Waals surface area contributed by atoms with Crippen LogP contribution in [-0.2, 0) is 4.79 Å². The molecule has 0 radical (unpaired) electrons. The Bertz CT molecular complexity index is 1120. The van der Waals surface area contributed by atoms with E-state index in [-0.39, 0.29) is 17.7 Å². The van der Waals surface area contributed by atoms with Gasteiger partial charge in [0.2, 0.25) is 0 Å². The number of amides is 2. The number of fused-ring (bicyclic) bond motifs is 1. The van der Waals surface area contributed by atoms with Crippen molar-refractivity contribution in [2.24, 2.45) is 11.0 Å². The summed E-state index contributed by atoms with van der Waals surface area (Å²) in [5.74, 6) is -0.0983. The maximum atomic E-state index is 12.8. The van der Waals surface area contributed by atoms with E-state index in [1.165, 1.54) is 0 Å². The average molecular weight is 432 g/mol. The van der Waals surface area contributed by atoms with Crippen molar-refractivity contribution in [3.8, 4) is 5.75 Å². The first-order valence-corrected chi connectivity index (χ1v) is 10.8. The van der Waals surface area contributed by atoms with Crippen LogP contribution in [0.15, 0.2) is 65.8 Å². The molecule has 2 amide bonds. The van der Waals surface area contributed by atoms with E-state index in [1.807, 2.05) is 76.2 Å². The number of rotatable bonds is 8. The monoisotopic (exact) mass is 431 g/mol. The third-order valence-corrected chi connectivity index (χ3v) is 5.15. The number of aryl methyl sites for hydroxylation is 1. The van der Waals surface area contributed by atoms with Gasteiger partial charge >= 0.3 is 0 Å². The summed E-state index contributed by atoms with van der Waals surface area (Å²) < 4.78 is 5.74. The molecule has 6 heteroatoms. The fourth-order valence-electron chi connectivity index (χ4n) is 3.38. The second-order valence-electron chi connectivity index (χ2n) is 7.93. The summed E-state index contributed by atoms with van der Waals surface area (Å²) >= 11 is 0. The minimum absolute atomic E-state index is 0.115. The highest BCUT2D eigenvalue weighted by Crippen LogP contribution is 2.26. The molecule has 3 rings (SSSR count). The molecule has 0 aliphatic heterocycles. The lowest BCUT2D eigenvalue weighted by atomic mass is 10.0. The number of ether oxygens (including phenoxy) is 1. The first kappa shape index (κ1) is 23.0. The molecule has 2 N–H and O–H groups in total. The normalized spacial score (nSPS) is 12.2. The number of carbonyl (C=O) groups is 2. The zero-order valence-electron chi connectivity index (χ0n) is 18.9. The number of nitrogens with zero attached hydrogens (tertiary/aromatic N) is 1. The van der Waals surface area contributed by atoms with E-state index in [4.69, 9.17) is 4.74 Å². The van der Waals surface area contributed by atoms with E-state index < -0.39 is 6.04 Å². The van der Waals surface area contributed by atoms with Crippen molar-refractivity contribution in [1.82, 2.24) is 10.7 Å². The standard InChI is InChI=1S/C26H29N3O3/c1-5-32-23-15-14-19-8-6-7-9-21(19)22(23)16-27-29-26(31)24(17(2)3)28-25(30)20-12-10-18(4)11-13-20/h6-17,24H,5H2,1-4H3,(H,28,30)(H,29,31). The molecule has 0 saturated carbocycles. The largest absolute Gasteiger partial charge is 0.493 e. The van der Waals surface area contributed by atoms with Gasteiger partial charge in [-0.2, -0.15) is 5.10 Å². The maximum absolute atomic E-state index is 12.8. The van der Waals surface area contributed by atoms with Gasteiger partial charge in [-0.1, -0.05) is 61.9 Å². The minimum Gasteiger partial charge on any atom is -0.493 e. The minimum atomic E-state index is -0.722. The molecule has 6 nitrogen and oxygen atoms in total. The molecule has 3 aromatic carbocycles. The van der Waals surface area contributed by atoms with Gasteiger partial charge in [0, 0.05) is 11.1 Å². The molecule has 0 aromatic heterocycles. The summed E-state index contributed by atoms with van der Waals surface area (Å²) in [6.45, 7) is 8.15. The van der Waals surface area contributed by atoms with Crippen molar-refractivity contribution in [3.05, 3.63) is 77.4 Å². The Morgan fingerprint density at radius 2 is 1.75 bits per heavy atom. The lowest BCUT2D eigenvalue weighted by Gasteiger charge is -2.20. The summed E-state index contributed by atoms with van der Waals surface area (Å²) in [6, 6.07) is 18.3. The molecule has 0 fully saturated rings. The van der Waals surface area contributed by atoms with Crippen molar-refractivity contribution in [1.29, 1.82) is 0 Å². The van der Waals surface area contributed by atoms with E-state index in [2.05, 4.69) is 15.8 Å². The van der Waals surface area contributed by atoms with Crippen molar-refractivity contribution in [2.45, 2.75) is 33.7 Å². The van der Waals surface area contributed by atoms with Crippen LogP contribution >= 0.6 is 0 Å². The summed E-state index contributed by atoms with van der Waals surface area (Å²) in [5, 5.41) is 9.01. The fourth-order valence-corrected chi connectivity index (χ4v) is 3.38. The maximum Gasteiger partial charge on any atom is 0.262 e. The van der Waals surface area contributed by atoms with E-state index in [0.717, 1.165) is 21.9 Å². The lowest BCUT2D eigenvalue weighted by Crippen LogP contribution is -2.48. The van der Waals surface area contributed by atoms with Gasteiger partial charge < -0.3 is 10.1 Å². The van der Waals surface area contributed by atoms with Crippen LogP contribution in [0.25, 0.3) is 10.8 Å². The topological polar surface area (TPSA) is 79.8 Å². The van der Waals surface area contributed by atoms with Crippen LogP contribution in [0.2, 0.25) is 0 Å². The number of nitrogens with one attached hydrogen (secondary N) is 2. The van der Waals surface area contributed by atoms with Crippen LogP contribution in [0.4, 0.5) is 0 Å². The van der Waals surface area contributed by atoms with Gasteiger partial charge in [0.15, 0.2) is 0 Å². The highest BCUT2D eigenvalue weighted by Gasteiger charge is 2.24. The number of carbonyl (C=O) groups excluding carboxylic acids is 2. The second-order valence-corrected chi connectivity index (χ2v) is 7.93. The fraction of sp³-hybridized carbons (Fsp3) is 0.269. The molecule has 3 aromatic rings. The van der Waals surface area contributed by atoms with E-state index >= 15 is 0 Å². The number of hydrazone groups is 1. The van der Waals surface area contributed by atoms with Crippen LogP contribution in [0.1, 0.15) is 42.3 Å². The molecule has 0 bridgehead atoms. The highest BCUT2D eigenvalue weighted by atomic mass is 16.5. The zero-order chi connectivity index (χ0) is 23.1. The molecular formula is C26H29N3O3. The molecule has 32 heavy (non-hydrogen) atoms. The van der Waals surface area contributed by atoms with E-state index in [1.54, 1.807) is 18.3 Å². The Morgan fingerprint density at radius 3 is 2.44 bits per heavy atom. The van der Waals surface area contributed by atoms with Gasteiger partial charge in [0.05, 0.1) is 12.8 Å². The van der Waals surface area contributed by atoms with Crippen molar-refractivity contribution < 1.29 is 14.3 Å². The Morgan fingerprint density at radius 1 is 1.03 bits per heavy atom. The van der Waals surface area contributed by atoms with Gasteiger partial charge in [-0.05, 0) is 48.7 Å². The van der Waals surface area contributed by atoms with E-state index in [0.29, 0.717) is 17.9 Å². The quantitative estimate of drug-likeness (QED) is 0.408. The van der Waals surface area contributed by atoms with Gasteiger partial charge in [-0.25, -0.2) is 5.43 Å². The SMILES string of the molecule is CCOc1ccc2ccccc2c1C=NNC(=O)C(NC(=O)c1ccc(C)cc1)C(C)C. The smallest absolute Gasteiger partial charge is 0.262 e. The molecule has 1 unspecified atom stereocenters. The molecule has 0 aliphatic carbocycles. The number of hydrogen-bond donors (Lipinski definition) is 2. The molecular weight excluding hydrogens is 402 g/mol. The first-order valence-electron chi connectivity index (χ1n) is 10.8. The van der Waals surface area contributed by atoms with Crippen molar-refractivity contribution in [2.75, 3.05) is 6.61 Å². The zero-order valence-corrected chi connectivity index (χ0v) is 18.9. The van der Waals surface area contributed by atoms with Crippen LogP contribution in [0, 0.1) is 12.8 Å². The van der Waals surface area contributed by atoms with Gasteiger partial charge in [-0.15, -0.1) is 0 Å². The summed E-state index contributed by atoms with van der Waals surface area (Å²) in [6.07, 6.45) is 1.59. The van der Waals surface area contributed by atoms with Gasteiger partial charge in [0.25, 0.3) is 11.8 Å². The van der Waals surface area contributed by atoms with Gasteiger partial charge in [-0.3, -0.25) is 9.59 Å².